The smallest absolute Gasteiger partial charge is 0.254 e. The van der Waals surface area contributed by atoms with Crippen LogP contribution in [-0.4, -0.2) is 36.0 Å². The molecule has 4 rings (SSSR count). The number of aryl methyl sites for hydroxylation is 1. The van der Waals surface area contributed by atoms with Crippen molar-refractivity contribution in [3.05, 3.63) is 83.4 Å². The number of benzene rings is 2. The minimum atomic E-state index is -0.247. The molecule has 1 aromatic heterocycles. The molecule has 4 nitrogen and oxygen atoms in total. The number of rotatable bonds is 4. The number of hydrogen-bond acceptors (Lipinski definition) is 3. The molecular weight excluding hydrogens is 379 g/mol. The van der Waals surface area contributed by atoms with Crippen molar-refractivity contribution in [3.8, 4) is 16.9 Å². The Morgan fingerprint density at radius 2 is 1.90 bits per heavy atom. The van der Waals surface area contributed by atoms with Gasteiger partial charge in [-0.05, 0) is 73.4 Å². The molecule has 0 spiro atoms. The number of likely N-dealkylation sites (tertiary alicyclic amines) is 1. The van der Waals surface area contributed by atoms with Gasteiger partial charge in [0, 0.05) is 36.0 Å². The first-order valence-electron chi connectivity index (χ1n) is 10.2. The first kappa shape index (κ1) is 20.1. The predicted molar refractivity (Wildman–Crippen MR) is 115 cm³/mol. The maximum absolute atomic E-state index is 13.3. The van der Waals surface area contributed by atoms with E-state index in [9.17, 15) is 9.18 Å². The Kier molecular flexibility index (Phi) is 5.79. The van der Waals surface area contributed by atoms with E-state index in [1.165, 1.54) is 12.1 Å². The number of hydrogen-bond donors (Lipinski definition) is 0. The molecule has 1 fully saturated rings. The van der Waals surface area contributed by atoms with Crippen LogP contribution >= 0.6 is 0 Å². The van der Waals surface area contributed by atoms with Crippen LogP contribution in [-0.2, 0) is 0 Å². The number of piperidine rings is 1. The van der Waals surface area contributed by atoms with Crippen LogP contribution in [0.3, 0.4) is 0 Å². The minimum absolute atomic E-state index is 0.0185. The highest BCUT2D eigenvalue weighted by atomic mass is 19.1. The highest BCUT2D eigenvalue weighted by molar-refractivity contribution is 5.94. The number of pyridine rings is 1. The Bertz CT molecular complexity index is 1050. The fraction of sp³-hybridized carbons (Fsp3) is 0.280. The number of carbonyl (C=O) groups is 1. The molecule has 0 aliphatic carbocycles. The fourth-order valence-electron chi connectivity index (χ4n) is 4.05. The van der Waals surface area contributed by atoms with Crippen molar-refractivity contribution in [2.45, 2.75) is 25.7 Å². The number of ether oxygens (including phenoxy) is 1. The Labute approximate surface area is 176 Å². The van der Waals surface area contributed by atoms with Gasteiger partial charge in [0.1, 0.15) is 11.6 Å². The summed E-state index contributed by atoms with van der Waals surface area (Å²) < 4.78 is 18.6. The molecule has 3 aromatic rings. The lowest BCUT2D eigenvalue weighted by Crippen LogP contribution is -2.39. The van der Waals surface area contributed by atoms with Crippen LogP contribution in [0.25, 0.3) is 11.1 Å². The molecule has 154 valence electrons. The third-order valence-electron chi connectivity index (χ3n) is 5.59. The second-order valence-corrected chi connectivity index (χ2v) is 7.75. The van der Waals surface area contributed by atoms with Crippen LogP contribution < -0.4 is 4.74 Å². The van der Waals surface area contributed by atoms with E-state index >= 15 is 0 Å². The van der Waals surface area contributed by atoms with Crippen molar-refractivity contribution in [1.29, 1.82) is 0 Å². The van der Waals surface area contributed by atoms with Gasteiger partial charge in [-0.1, -0.05) is 18.2 Å². The first-order valence-corrected chi connectivity index (χ1v) is 10.2. The monoisotopic (exact) mass is 404 g/mol. The van der Waals surface area contributed by atoms with Crippen LogP contribution in [0.4, 0.5) is 4.39 Å². The lowest BCUT2D eigenvalue weighted by Gasteiger charge is -2.33. The van der Waals surface area contributed by atoms with E-state index in [0.29, 0.717) is 17.9 Å². The summed E-state index contributed by atoms with van der Waals surface area (Å²) in [4.78, 5) is 19.7. The average Bonchev–Trinajstić information content (AvgIpc) is 2.78. The van der Waals surface area contributed by atoms with Gasteiger partial charge in [-0.2, -0.15) is 0 Å². The van der Waals surface area contributed by atoms with Gasteiger partial charge in [0.15, 0.2) is 0 Å². The van der Waals surface area contributed by atoms with Crippen LogP contribution in [0.2, 0.25) is 0 Å². The van der Waals surface area contributed by atoms with Crippen LogP contribution in [0.15, 0.2) is 60.7 Å². The summed E-state index contributed by atoms with van der Waals surface area (Å²) in [5.74, 6) is 0.625. The van der Waals surface area contributed by atoms with Crippen molar-refractivity contribution >= 4 is 5.91 Å². The molecule has 0 radical (unpaired) electrons. The predicted octanol–water partition coefficient (Wildman–Crippen LogP) is 5.22. The largest absolute Gasteiger partial charge is 0.497 e. The van der Waals surface area contributed by atoms with Gasteiger partial charge in [-0.25, -0.2) is 4.39 Å². The Balaban J connectivity index is 1.57. The van der Waals surface area contributed by atoms with Gasteiger partial charge in [0.2, 0.25) is 0 Å². The van der Waals surface area contributed by atoms with Crippen LogP contribution in [0, 0.1) is 12.7 Å². The second kappa shape index (κ2) is 8.66. The summed E-state index contributed by atoms with van der Waals surface area (Å²) in [6.45, 7) is 3.34. The molecule has 1 amide bonds. The summed E-state index contributed by atoms with van der Waals surface area (Å²) in [7, 11) is 1.60. The number of methoxy groups -OCH3 is 1. The number of carbonyl (C=O) groups excluding carboxylic acids is 1. The van der Waals surface area contributed by atoms with Gasteiger partial charge in [0.25, 0.3) is 5.91 Å². The summed E-state index contributed by atoms with van der Waals surface area (Å²) >= 11 is 0. The Morgan fingerprint density at radius 1 is 1.10 bits per heavy atom. The third-order valence-corrected chi connectivity index (χ3v) is 5.59. The van der Waals surface area contributed by atoms with E-state index in [1.54, 1.807) is 25.3 Å². The highest BCUT2D eigenvalue weighted by Gasteiger charge is 2.27. The van der Waals surface area contributed by atoms with Gasteiger partial charge in [-0.3, -0.25) is 9.78 Å². The van der Waals surface area contributed by atoms with E-state index in [-0.39, 0.29) is 17.6 Å². The summed E-state index contributed by atoms with van der Waals surface area (Å²) in [6, 6.07) is 17.9. The standard InChI is InChI=1S/C25H25FN2O2/c1-17-13-21(18-8-10-22(26)11-9-18)15-24(27-17)20-6-4-12-28(16-20)25(29)19-5-3-7-23(14-19)30-2/h3,5,7-11,13-15,20H,4,6,12,16H2,1-2H3/t20-/m1/s1. The van der Waals surface area contributed by atoms with Crippen molar-refractivity contribution in [3.63, 3.8) is 0 Å². The molecule has 0 bridgehead atoms. The quantitative estimate of drug-likeness (QED) is 0.598. The van der Waals surface area contributed by atoms with Crippen LogP contribution in [0.1, 0.15) is 40.5 Å². The summed E-state index contributed by atoms with van der Waals surface area (Å²) in [5.41, 5.74) is 4.52. The molecule has 2 aromatic carbocycles. The minimum Gasteiger partial charge on any atom is -0.497 e. The van der Waals surface area contributed by atoms with Gasteiger partial charge >= 0.3 is 0 Å². The fourth-order valence-corrected chi connectivity index (χ4v) is 4.05. The number of aromatic nitrogens is 1. The van der Waals surface area contributed by atoms with E-state index < -0.39 is 0 Å². The van der Waals surface area contributed by atoms with Crippen molar-refractivity contribution in [2.24, 2.45) is 0 Å². The molecule has 2 heterocycles. The third kappa shape index (κ3) is 4.35. The van der Waals surface area contributed by atoms with E-state index in [4.69, 9.17) is 9.72 Å². The SMILES string of the molecule is COc1cccc(C(=O)N2CCC[C@@H](c3cc(-c4ccc(F)cc4)cc(C)n3)C2)c1. The van der Waals surface area contributed by atoms with E-state index in [1.807, 2.05) is 36.1 Å². The zero-order chi connectivity index (χ0) is 21.1. The molecule has 1 saturated heterocycles. The summed E-state index contributed by atoms with van der Waals surface area (Å²) in [6.07, 6.45) is 1.92. The van der Waals surface area contributed by atoms with E-state index in [0.717, 1.165) is 41.9 Å². The molecular formula is C25H25FN2O2. The molecule has 30 heavy (non-hydrogen) atoms. The van der Waals surface area contributed by atoms with E-state index in [2.05, 4.69) is 6.07 Å². The van der Waals surface area contributed by atoms with Crippen LogP contribution in [0.5, 0.6) is 5.75 Å². The van der Waals surface area contributed by atoms with Crippen molar-refractivity contribution < 1.29 is 13.9 Å². The number of halogens is 1. The van der Waals surface area contributed by atoms with Gasteiger partial charge < -0.3 is 9.64 Å². The second-order valence-electron chi connectivity index (χ2n) is 7.75. The lowest BCUT2D eigenvalue weighted by atomic mass is 9.92. The maximum atomic E-state index is 13.3. The molecule has 1 aliphatic heterocycles. The molecule has 5 heteroatoms. The van der Waals surface area contributed by atoms with Gasteiger partial charge in [0.05, 0.1) is 7.11 Å². The lowest BCUT2D eigenvalue weighted by molar-refractivity contribution is 0.0705. The van der Waals surface area contributed by atoms with Gasteiger partial charge in [-0.15, -0.1) is 0 Å². The molecule has 1 aliphatic rings. The molecule has 0 unspecified atom stereocenters. The first-order chi connectivity index (χ1) is 14.5. The zero-order valence-corrected chi connectivity index (χ0v) is 17.3. The number of amides is 1. The topological polar surface area (TPSA) is 42.4 Å². The highest BCUT2D eigenvalue weighted by Crippen LogP contribution is 2.30. The summed E-state index contributed by atoms with van der Waals surface area (Å²) in [5, 5.41) is 0. The molecule has 1 atom stereocenters. The number of nitrogens with zero attached hydrogens (tertiary/aromatic N) is 2. The normalized spacial score (nSPS) is 16.4. The molecule has 0 N–H and O–H groups in total. The zero-order valence-electron chi connectivity index (χ0n) is 17.3. The average molecular weight is 404 g/mol. The maximum Gasteiger partial charge on any atom is 0.254 e. The van der Waals surface area contributed by atoms with Crippen molar-refractivity contribution in [2.75, 3.05) is 20.2 Å². The van der Waals surface area contributed by atoms with Crippen molar-refractivity contribution in [1.82, 2.24) is 9.88 Å². The molecule has 0 saturated carbocycles. The Morgan fingerprint density at radius 3 is 2.67 bits per heavy atom. The Hall–Kier alpha value is -3.21.